The van der Waals surface area contributed by atoms with E-state index >= 15 is 0 Å². The minimum atomic E-state index is 0. The Morgan fingerprint density at radius 2 is 2.23 bits per heavy atom. The van der Waals surface area contributed by atoms with E-state index in [0.29, 0.717) is 12.4 Å². The average molecular weight is 478 g/mol. The molecule has 7 nitrogen and oxygen atoms in total. The van der Waals surface area contributed by atoms with E-state index in [4.69, 9.17) is 14.2 Å². The largest absolute Gasteiger partial charge is 0.475 e. The summed E-state index contributed by atoms with van der Waals surface area (Å²) in [6, 6.07) is 3.89. The zero-order valence-corrected chi connectivity index (χ0v) is 18.2. The monoisotopic (exact) mass is 478 g/mol. The summed E-state index contributed by atoms with van der Waals surface area (Å²) in [7, 11) is 1.76. The lowest BCUT2D eigenvalue weighted by Crippen LogP contribution is -2.37. The van der Waals surface area contributed by atoms with Crippen molar-refractivity contribution in [2.75, 3.05) is 33.4 Å². The maximum absolute atomic E-state index is 5.74. The maximum Gasteiger partial charge on any atom is 0.213 e. The fraction of sp³-hybridized carbons (Fsp3) is 0.667. The number of hydrogen-bond acceptors (Lipinski definition) is 5. The molecule has 1 aliphatic rings. The van der Waals surface area contributed by atoms with Crippen molar-refractivity contribution < 1.29 is 14.2 Å². The van der Waals surface area contributed by atoms with Crippen molar-refractivity contribution in [1.29, 1.82) is 0 Å². The van der Waals surface area contributed by atoms with Gasteiger partial charge in [0.15, 0.2) is 5.96 Å². The fourth-order valence-corrected chi connectivity index (χ4v) is 2.41. The van der Waals surface area contributed by atoms with Crippen LogP contribution in [0.25, 0.3) is 0 Å². The molecule has 26 heavy (non-hydrogen) atoms. The van der Waals surface area contributed by atoms with Crippen LogP contribution in [0.1, 0.15) is 32.3 Å². The van der Waals surface area contributed by atoms with Crippen LogP contribution in [0.15, 0.2) is 23.3 Å². The van der Waals surface area contributed by atoms with Crippen molar-refractivity contribution in [2.45, 2.75) is 45.4 Å². The van der Waals surface area contributed by atoms with Gasteiger partial charge in [0.25, 0.3) is 0 Å². The van der Waals surface area contributed by atoms with Gasteiger partial charge in [0.1, 0.15) is 0 Å². The van der Waals surface area contributed by atoms with Gasteiger partial charge >= 0.3 is 0 Å². The smallest absolute Gasteiger partial charge is 0.213 e. The molecule has 148 valence electrons. The molecule has 0 spiro atoms. The number of pyridine rings is 1. The third-order valence-corrected chi connectivity index (χ3v) is 3.69. The lowest BCUT2D eigenvalue weighted by Gasteiger charge is -2.13. The highest BCUT2D eigenvalue weighted by Gasteiger charge is 2.15. The highest BCUT2D eigenvalue weighted by molar-refractivity contribution is 14.0. The van der Waals surface area contributed by atoms with Crippen LogP contribution < -0.4 is 15.4 Å². The molecule has 0 bridgehead atoms. The predicted molar refractivity (Wildman–Crippen MR) is 113 cm³/mol. The van der Waals surface area contributed by atoms with Gasteiger partial charge in [0.05, 0.1) is 18.8 Å². The van der Waals surface area contributed by atoms with E-state index < -0.39 is 0 Å². The van der Waals surface area contributed by atoms with Crippen LogP contribution in [0.5, 0.6) is 5.88 Å². The third kappa shape index (κ3) is 9.00. The molecule has 2 rings (SSSR count). The standard InChI is InChI=1S/C18H30N4O3.HI/c1-14(2)25-17-6-5-15(11-21-17)12-22-18(19-3)20-8-4-9-24-16-7-10-23-13-16;/h5-6,11,14,16H,4,7-10,12-13H2,1-3H3,(H2,19,20,22);1H. The number of rotatable bonds is 9. The molecule has 1 aromatic heterocycles. The van der Waals surface area contributed by atoms with Crippen molar-refractivity contribution >= 4 is 29.9 Å². The zero-order chi connectivity index (χ0) is 17.9. The van der Waals surface area contributed by atoms with E-state index in [9.17, 15) is 0 Å². The van der Waals surface area contributed by atoms with Gasteiger partial charge in [-0.25, -0.2) is 4.98 Å². The summed E-state index contributed by atoms with van der Waals surface area (Å²) >= 11 is 0. The Balaban J connectivity index is 0.00000338. The number of ether oxygens (including phenoxy) is 3. The third-order valence-electron chi connectivity index (χ3n) is 3.69. The van der Waals surface area contributed by atoms with Crippen molar-refractivity contribution in [3.05, 3.63) is 23.9 Å². The van der Waals surface area contributed by atoms with Gasteiger partial charge in [-0.15, -0.1) is 24.0 Å². The Labute approximate surface area is 173 Å². The molecule has 1 atom stereocenters. The number of aromatic nitrogens is 1. The van der Waals surface area contributed by atoms with E-state index in [1.54, 1.807) is 7.05 Å². The van der Waals surface area contributed by atoms with Crippen molar-refractivity contribution in [3.8, 4) is 5.88 Å². The maximum atomic E-state index is 5.74. The first kappa shape index (κ1) is 22.9. The van der Waals surface area contributed by atoms with Crippen molar-refractivity contribution in [1.82, 2.24) is 15.6 Å². The molecule has 1 saturated heterocycles. The molecule has 2 heterocycles. The van der Waals surface area contributed by atoms with E-state index in [1.807, 2.05) is 32.2 Å². The van der Waals surface area contributed by atoms with E-state index in [0.717, 1.165) is 50.7 Å². The second kappa shape index (κ2) is 13.1. The molecule has 1 aromatic rings. The zero-order valence-electron chi connectivity index (χ0n) is 15.9. The van der Waals surface area contributed by atoms with E-state index in [-0.39, 0.29) is 36.2 Å². The van der Waals surface area contributed by atoms with E-state index in [2.05, 4.69) is 20.6 Å². The molecule has 0 aliphatic carbocycles. The number of hydrogen-bond donors (Lipinski definition) is 2. The van der Waals surface area contributed by atoms with Crippen LogP contribution >= 0.6 is 24.0 Å². The SMILES string of the molecule is CN=C(NCCCOC1CCOC1)NCc1ccc(OC(C)C)nc1.I. The topological polar surface area (TPSA) is 77.0 Å². The quantitative estimate of drug-likeness (QED) is 0.246. The Hall–Kier alpha value is -1.13. The van der Waals surface area contributed by atoms with Crippen molar-refractivity contribution in [2.24, 2.45) is 4.99 Å². The average Bonchev–Trinajstić information content (AvgIpc) is 3.11. The molecular formula is C18H31IN4O3. The second-order valence-electron chi connectivity index (χ2n) is 6.23. The van der Waals surface area contributed by atoms with Gasteiger partial charge in [0, 0.05) is 45.6 Å². The molecule has 2 N–H and O–H groups in total. The minimum absolute atomic E-state index is 0. The summed E-state index contributed by atoms with van der Waals surface area (Å²) in [6.45, 7) is 7.72. The van der Waals surface area contributed by atoms with Gasteiger partial charge in [-0.3, -0.25) is 4.99 Å². The Morgan fingerprint density at radius 3 is 2.85 bits per heavy atom. The van der Waals surface area contributed by atoms with Gasteiger partial charge < -0.3 is 24.8 Å². The summed E-state index contributed by atoms with van der Waals surface area (Å²) in [6.07, 6.45) is 4.15. The second-order valence-corrected chi connectivity index (χ2v) is 6.23. The lowest BCUT2D eigenvalue weighted by atomic mass is 10.3. The number of halogens is 1. The normalized spacial score (nSPS) is 17.1. The number of nitrogens with one attached hydrogen (secondary N) is 2. The molecule has 8 heteroatoms. The Morgan fingerprint density at radius 1 is 1.38 bits per heavy atom. The predicted octanol–water partition coefficient (Wildman–Crippen LogP) is 2.35. The first-order valence-corrected chi connectivity index (χ1v) is 8.93. The van der Waals surface area contributed by atoms with Gasteiger partial charge in [-0.2, -0.15) is 0 Å². The van der Waals surface area contributed by atoms with Gasteiger partial charge in [-0.1, -0.05) is 6.07 Å². The first-order valence-electron chi connectivity index (χ1n) is 8.93. The molecule has 0 saturated carbocycles. The van der Waals surface area contributed by atoms with Crippen LogP contribution in [0, 0.1) is 0 Å². The van der Waals surface area contributed by atoms with Crippen LogP contribution in [-0.4, -0.2) is 56.6 Å². The molecule has 0 radical (unpaired) electrons. The number of aliphatic imine (C=N–C) groups is 1. The van der Waals surface area contributed by atoms with Gasteiger partial charge in [-0.05, 0) is 32.3 Å². The fourth-order valence-electron chi connectivity index (χ4n) is 2.41. The number of guanidine groups is 1. The molecule has 0 amide bonds. The molecular weight excluding hydrogens is 447 g/mol. The number of nitrogens with zero attached hydrogens (tertiary/aromatic N) is 2. The highest BCUT2D eigenvalue weighted by Crippen LogP contribution is 2.09. The molecule has 0 aromatic carbocycles. The van der Waals surface area contributed by atoms with Gasteiger partial charge in [0.2, 0.25) is 5.88 Å². The summed E-state index contributed by atoms with van der Waals surface area (Å²) in [5.74, 6) is 1.42. The Kier molecular flexibility index (Phi) is 11.5. The van der Waals surface area contributed by atoms with Crippen LogP contribution in [-0.2, 0) is 16.0 Å². The molecule has 1 aliphatic heterocycles. The molecule has 1 unspecified atom stereocenters. The first-order chi connectivity index (χ1) is 12.2. The van der Waals surface area contributed by atoms with Crippen LogP contribution in [0.2, 0.25) is 0 Å². The molecule has 1 fully saturated rings. The van der Waals surface area contributed by atoms with E-state index in [1.165, 1.54) is 0 Å². The Bertz CT molecular complexity index is 520. The summed E-state index contributed by atoms with van der Waals surface area (Å²) in [5, 5.41) is 6.56. The summed E-state index contributed by atoms with van der Waals surface area (Å²) < 4.78 is 16.6. The van der Waals surface area contributed by atoms with Crippen LogP contribution in [0.4, 0.5) is 0 Å². The summed E-state index contributed by atoms with van der Waals surface area (Å²) in [4.78, 5) is 8.52. The lowest BCUT2D eigenvalue weighted by molar-refractivity contribution is 0.0420. The highest BCUT2D eigenvalue weighted by atomic mass is 127. The summed E-state index contributed by atoms with van der Waals surface area (Å²) in [5.41, 5.74) is 1.07. The minimum Gasteiger partial charge on any atom is -0.475 e. The van der Waals surface area contributed by atoms with Crippen molar-refractivity contribution in [3.63, 3.8) is 0 Å². The van der Waals surface area contributed by atoms with Crippen LogP contribution in [0.3, 0.4) is 0 Å².